The van der Waals surface area contributed by atoms with E-state index in [1.54, 1.807) is 11.8 Å². The number of hydrogen-bond acceptors (Lipinski definition) is 4. The molecule has 132 valence electrons. The van der Waals surface area contributed by atoms with Crippen LogP contribution in [0.1, 0.15) is 21.3 Å². The lowest BCUT2D eigenvalue weighted by Gasteiger charge is -2.25. The zero-order valence-electron chi connectivity index (χ0n) is 13.0. The largest absolute Gasteiger partial charge is 0.341 e. The van der Waals surface area contributed by atoms with Gasteiger partial charge in [0, 0.05) is 12.3 Å². The van der Waals surface area contributed by atoms with E-state index < -0.39 is 26.4 Å². The van der Waals surface area contributed by atoms with Gasteiger partial charge in [0.05, 0.1) is 10.5 Å². The standard InChI is InChI=1S/C17H15F2NO3S2/c18-17(19)25(22,23)14-9-5-4-8-13(14)15(21)20-10-11-24-16(20)12-6-2-1-3-7-12/h1-9,16-17H,10-11H2. The van der Waals surface area contributed by atoms with Crippen molar-refractivity contribution in [2.24, 2.45) is 0 Å². The summed E-state index contributed by atoms with van der Waals surface area (Å²) in [5.41, 5.74) is 0.693. The number of halogens is 2. The van der Waals surface area contributed by atoms with Crippen LogP contribution in [-0.2, 0) is 9.84 Å². The molecule has 25 heavy (non-hydrogen) atoms. The summed E-state index contributed by atoms with van der Waals surface area (Å²) in [6.45, 7) is 0.423. The molecule has 0 aromatic heterocycles. The predicted molar refractivity (Wildman–Crippen MR) is 92.3 cm³/mol. The number of carbonyl (C=O) groups excluding carboxylic acids is 1. The van der Waals surface area contributed by atoms with Gasteiger partial charge in [0.1, 0.15) is 5.37 Å². The summed E-state index contributed by atoms with van der Waals surface area (Å²) >= 11 is 1.55. The Balaban J connectivity index is 1.99. The van der Waals surface area contributed by atoms with Crippen molar-refractivity contribution in [2.45, 2.75) is 16.0 Å². The van der Waals surface area contributed by atoms with Crippen molar-refractivity contribution in [3.8, 4) is 0 Å². The average molecular weight is 383 g/mol. The summed E-state index contributed by atoms with van der Waals surface area (Å²) in [5, 5.41) is -0.268. The molecule has 1 amide bonds. The van der Waals surface area contributed by atoms with E-state index in [1.807, 2.05) is 30.3 Å². The van der Waals surface area contributed by atoms with Gasteiger partial charge >= 0.3 is 5.76 Å². The maximum atomic E-state index is 12.9. The normalized spacial score (nSPS) is 17.9. The Kier molecular flexibility index (Phi) is 5.10. The number of amides is 1. The highest BCUT2D eigenvalue weighted by atomic mass is 32.2. The topological polar surface area (TPSA) is 54.5 Å². The van der Waals surface area contributed by atoms with Crippen molar-refractivity contribution in [3.63, 3.8) is 0 Å². The van der Waals surface area contributed by atoms with E-state index in [2.05, 4.69) is 0 Å². The minimum Gasteiger partial charge on any atom is -0.322 e. The number of rotatable bonds is 4. The molecule has 2 aromatic carbocycles. The lowest BCUT2D eigenvalue weighted by Crippen LogP contribution is -2.32. The maximum absolute atomic E-state index is 12.9. The zero-order chi connectivity index (χ0) is 18.0. The van der Waals surface area contributed by atoms with Crippen molar-refractivity contribution in [1.82, 2.24) is 4.90 Å². The second kappa shape index (κ2) is 7.13. The van der Waals surface area contributed by atoms with Gasteiger partial charge in [0.15, 0.2) is 0 Å². The molecule has 1 saturated heterocycles. The fraction of sp³-hybridized carbons (Fsp3) is 0.235. The first-order valence-electron chi connectivity index (χ1n) is 7.51. The van der Waals surface area contributed by atoms with E-state index in [9.17, 15) is 22.0 Å². The van der Waals surface area contributed by atoms with Crippen LogP contribution in [0.5, 0.6) is 0 Å². The van der Waals surface area contributed by atoms with Gasteiger partial charge in [-0.25, -0.2) is 8.42 Å². The van der Waals surface area contributed by atoms with E-state index in [4.69, 9.17) is 0 Å². The third-order valence-corrected chi connectivity index (χ3v) is 6.59. The lowest BCUT2D eigenvalue weighted by atomic mass is 10.1. The molecule has 1 fully saturated rings. The van der Waals surface area contributed by atoms with Crippen LogP contribution < -0.4 is 0 Å². The Morgan fingerprint density at radius 2 is 1.72 bits per heavy atom. The number of nitrogens with zero attached hydrogens (tertiary/aromatic N) is 1. The van der Waals surface area contributed by atoms with Crippen LogP contribution in [0.3, 0.4) is 0 Å². The first-order chi connectivity index (χ1) is 11.9. The first kappa shape index (κ1) is 17.9. The molecule has 0 aliphatic carbocycles. The SMILES string of the molecule is O=C(c1ccccc1S(=O)(=O)C(F)F)N1CCSC1c1ccccc1. The molecule has 1 unspecified atom stereocenters. The van der Waals surface area contributed by atoms with E-state index in [-0.39, 0.29) is 10.9 Å². The summed E-state index contributed by atoms with van der Waals surface area (Å²) in [5.74, 6) is -3.44. The molecule has 0 N–H and O–H groups in total. The van der Waals surface area contributed by atoms with Crippen LogP contribution in [0.15, 0.2) is 59.5 Å². The third kappa shape index (κ3) is 3.41. The number of benzene rings is 2. The number of carbonyl (C=O) groups is 1. The van der Waals surface area contributed by atoms with Crippen LogP contribution in [-0.4, -0.2) is 37.3 Å². The van der Waals surface area contributed by atoms with Gasteiger partial charge in [0.2, 0.25) is 9.84 Å². The molecule has 1 atom stereocenters. The zero-order valence-corrected chi connectivity index (χ0v) is 14.6. The molecule has 1 aliphatic rings. The molecule has 3 rings (SSSR count). The number of hydrogen-bond donors (Lipinski definition) is 0. The monoisotopic (exact) mass is 383 g/mol. The van der Waals surface area contributed by atoms with E-state index >= 15 is 0 Å². The predicted octanol–water partition coefficient (Wildman–Crippen LogP) is 3.57. The van der Waals surface area contributed by atoms with Crippen molar-refractivity contribution >= 4 is 27.5 Å². The highest BCUT2D eigenvalue weighted by Gasteiger charge is 2.36. The second-order valence-electron chi connectivity index (χ2n) is 5.43. The van der Waals surface area contributed by atoms with Crippen molar-refractivity contribution in [2.75, 3.05) is 12.3 Å². The Labute approximate surface area is 148 Å². The number of alkyl halides is 2. The summed E-state index contributed by atoms with van der Waals surface area (Å²) < 4.78 is 49.7. The smallest absolute Gasteiger partial charge is 0.322 e. The average Bonchev–Trinajstić information content (AvgIpc) is 3.11. The summed E-state index contributed by atoms with van der Waals surface area (Å²) in [6, 6.07) is 14.5. The van der Waals surface area contributed by atoms with E-state index in [1.165, 1.54) is 23.1 Å². The fourth-order valence-corrected chi connectivity index (χ4v) is 4.89. The van der Waals surface area contributed by atoms with Gasteiger partial charge in [-0.3, -0.25) is 4.79 Å². The van der Waals surface area contributed by atoms with Gasteiger partial charge in [-0.1, -0.05) is 42.5 Å². The molecule has 0 radical (unpaired) electrons. The molecule has 8 heteroatoms. The minimum absolute atomic E-state index is 0.216. The van der Waals surface area contributed by atoms with Crippen LogP contribution in [0, 0.1) is 0 Å². The Hall–Kier alpha value is -1.93. The van der Waals surface area contributed by atoms with Crippen LogP contribution in [0.4, 0.5) is 8.78 Å². The van der Waals surface area contributed by atoms with E-state index in [0.717, 1.165) is 11.6 Å². The first-order valence-corrected chi connectivity index (χ1v) is 10.1. The molecular weight excluding hydrogens is 368 g/mol. The summed E-state index contributed by atoms with van der Waals surface area (Å²) in [6.07, 6.45) is 0. The quantitative estimate of drug-likeness (QED) is 0.810. The maximum Gasteiger partial charge on any atom is 0.341 e. The van der Waals surface area contributed by atoms with Gasteiger partial charge in [-0.2, -0.15) is 8.78 Å². The molecule has 1 heterocycles. The lowest BCUT2D eigenvalue weighted by molar-refractivity contribution is 0.0756. The highest BCUT2D eigenvalue weighted by molar-refractivity contribution is 7.99. The molecule has 4 nitrogen and oxygen atoms in total. The summed E-state index contributed by atoms with van der Waals surface area (Å²) in [7, 11) is -4.85. The Morgan fingerprint density at radius 3 is 2.40 bits per heavy atom. The van der Waals surface area contributed by atoms with Crippen LogP contribution in [0.25, 0.3) is 0 Å². The minimum atomic E-state index is -4.85. The van der Waals surface area contributed by atoms with Gasteiger partial charge < -0.3 is 4.90 Å². The van der Waals surface area contributed by atoms with Crippen molar-refractivity contribution in [1.29, 1.82) is 0 Å². The molecule has 0 spiro atoms. The van der Waals surface area contributed by atoms with Gasteiger partial charge in [0.25, 0.3) is 5.91 Å². The molecule has 0 bridgehead atoms. The van der Waals surface area contributed by atoms with E-state index in [0.29, 0.717) is 12.3 Å². The summed E-state index contributed by atoms with van der Waals surface area (Å²) in [4.78, 5) is 13.8. The fourth-order valence-electron chi connectivity index (χ4n) is 2.71. The highest BCUT2D eigenvalue weighted by Crippen LogP contribution is 2.39. The molecule has 2 aromatic rings. The number of thioether (sulfide) groups is 1. The Bertz CT molecular complexity index is 872. The Morgan fingerprint density at radius 1 is 1.08 bits per heavy atom. The van der Waals surface area contributed by atoms with Gasteiger partial charge in [-0.15, -0.1) is 11.8 Å². The second-order valence-corrected chi connectivity index (χ2v) is 8.51. The molecular formula is C17H15F2NO3S2. The van der Waals surface area contributed by atoms with Crippen molar-refractivity contribution in [3.05, 3.63) is 65.7 Å². The van der Waals surface area contributed by atoms with Crippen molar-refractivity contribution < 1.29 is 22.0 Å². The van der Waals surface area contributed by atoms with Crippen LogP contribution in [0.2, 0.25) is 0 Å². The van der Waals surface area contributed by atoms with Gasteiger partial charge in [-0.05, 0) is 17.7 Å². The molecule has 1 aliphatic heterocycles. The molecule has 0 saturated carbocycles. The van der Waals surface area contributed by atoms with Crippen LogP contribution >= 0.6 is 11.8 Å². The third-order valence-electron chi connectivity index (χ3n) is 3.90. The number of sulfone groups is 1.